The van der Waals surface area contributed by atoms with Gasteiger partial charge in [0.1, 0.15) is 5.82 Å². The number of hydrogen-bond acceptors (Lipinski definition) is 2. The molecule has 1 aromatic heterocycles. The summed E-state index contributed by atoms with van der Waals surface area (Å²) in [5.74, 6) is 1.28. The maximum absolute atomic E-state index is 8.53. The van der Waals surface area contributed by atoms with Crippen LogP contribution in [0.2, 0.25) is 0 Å². The van der Waals surface area contributed by atoms with E-state index in [1.165, 1.54) is 0 Å². The first kappa shape index (κ1) is 11.0. The molecular formula is C12H12ClN3. The third-order valence-electron chi connectivity index (χ3n) is 2.52. The topological polar surface area (TPSA) is 41.6 Å². The van der Waals surface area contributed by atoms with Crippen molar-refractivity contribution in [2.45, 2.75) is 25.3 Å². The Bertz CT molecular complexity index is 525. The normalized spacial score (nSPS) is 10.5. The lowest BCUT2D eigenvalue weighted by atomic mass is 10.3. The molecule has 0 radical (unpaired) electrons. The minimum atomic E-state index is 0.404. The first-order valence-corrected chi connectivity index (χ1v) is 5.77. The second kappa shape index (κ2) is 5.00. The van der Waals surface area contributed by atoms with Gasteiger partial charge in [-0.25, -0.2) is 4.98 Å². The lowest BCUT2D eigenvalue weighted by Crippen LogP contribution is -2.02. The molecule has 4 heteroatoms. The zero-order valence-corrected chi connectivity index (χ0v) is 9.61. The standard InChI is InChI=1S/C12H12ClN3/c13-9-12-15-10-5-1-2-6-11(10)16(12)8-4-3-7-14/h1-2,5-6H,3-4,8-9H2. The number of hydrogen-bond donors (Lipinski definition) is 0. The van der Waals surface area contributed by atoms with Crippen LogP contribution in [0.1, 0.15) is 18.7 Å². The molecule has 0 N–H and O–H groups in total. The number of alkyl halides is 1. The van der Waals surface area contributed by atoms with Crippen molar-refractivity contribution in [2.24, 2.45) is 0 Å². The van der Waals surface area contributed by atoms with Crippen LogP contribution in [0.4, 0.5) is 0 Å². The maximum Gasteiger partial charge on any atom is 0.124 e. The van der Waals surface area contributed by atoms with Crippen LogP contribution in [0.3, 0.4) is 0 Å². The number of nitrogens with zero attached hydrogens (tertiary/aromatic N) is 3. The highest BCUT2D eigenvalue weighted by atomic mass is 35.5. The third kappa shape index (κ3) is 2.02. The summed E-state index contributed by atoms with van der Waals surface area (Å²) in [6.45, 7) is 0.802. The van der Waals surface area contributed by atoms with E-state index in [2.05, 4.69) is 15.6 Å². The summed E-state index contributed by atoms with van der Waals surface area (Å²) in [5.41, 5.74) is 2.06. The zero-order valence-electron chi connectivity index (χ0n) is 8.86. The molecule has 1 heterocycles. The van der Waals surface area contributed by atoms with Crippen molar-refractivity contribution < 1.29 is 0 Å². The van der Waals surface area contributed by atoms with Gasteiger partial charge in [-0.15, -0.1) is 11.6 Å². The van der Waals surface area contributed by atoms with Crippen LogP contribution in [0.15, 0.2) is 24.3 Å². The first-order chi connectivity index (χ1) is 7.86. The number of aromatic nitrogens is 2. The van der Waals surface area contributed by atoms with Crippen molar-refractivity contribution in [3.8, 4) is 6.07 Å². The van der Waals surface area contributed by atoms with Crippen molar-refractivity contribution in [2.75, 3.05) is 0 Å². The molecule has 16 heavy (non-hydrogen) atoms. The van der Waals surface area contributed by atoms with Crippen molar-refractivity contribution in [3.05, 3.63) is 30.1 Å². The van der Waals surface area contributed by atoms with Crippen molar-refractivity contribution >= 4 is 22.6 Å². The Labute approximate surface area is 99.3 Å². The summed E-state index contributed by atoms with van der Waals surface area (Å²) in [7, 11) is 0. The molecule has 0 unspecified atom stereocenters. The van der Waals surface area contributed by atoms with Crippen LogP contribution in [0.5, 0.6) is 0 Å². The van der Waals surface area contributed by atoms with Gasteiger partial charge in [-0.2, -0.15) is 5.26 Å². The predicted octanol–water partition coefficient (Wildman–Crippen LogP) is 3.08. The highest BCUT2D eigenvalue weighted by molar-refractivity contribution is 6.16. The second-order valence-electron chi connectivity index (χ2n) is 3.56. The van der Waals surface area contributed by atoms with Crippen LogP contribution in [-0.4, -0.2) is 9.55 Å². The Kier molecular flexibility index (Phi) is 3.43. The van der Waals surface area contributed by atoms with Gasteiger partial charge in [0, 0.05) is 13.0 Å². The average Bonchev–Trinajstić information content (AvgIpc) is 2.68. The quantitative estimate of drug-likeness (QED) is 0.602. The minimum Gasteiger partial charge on any atom is -0.327 e. The zero-order chi connectivity index (χ0) is 11.4. The van der Waals surface area contributed by atoms with Crippen LogP contribution in [-0.2, 0) is 12.4 Å². The fourth-order valence-corrected chi connectivity index (χ4v) is 2.00. The molecule has 0 saturated heterocycles. The number of fused-ring (bicyclic) bond motifs is 1. The van der Waals surface area contributed by atoms with Crippen LogP contribution in [0.25, 0.3) is 11.0 Å². The summed E-state index contributed by atoms with van der Waals surface area (Å²) in [6.07, 6.45) is 1.40. The molecule has 82 valence electrons. The van der Waals surface area contributed by atoms with Gasteiger partial charge < -0.3 is 4.57 Å². The van der Waals surface area contributed by atoms with Gasteiger partial charge in [-0.05, 0) is 18.6 Å². The molecule has 0 spiro atoms. The van der Waals surface area contributed by atoms with E-state index < -0.39 is 0 Å². The Morgan fingerprint density at radius 1 is 1.38 bits per heavy atom. The fourth-order valence-electron chi connectivity index (χ4n) is 1.79. The van der Waals surface area contributed by atoms with Gasteiger partial charge in [0.15, 0.2) is 0 Å². The average molecular weight is 234 g/mol. The van der Waals surface area contributed by atoms with E-state index in [-0.39, 0.29) is 0 Å². The van der Waals surface area contributed by atoms with Gasteiger partial charge in [0.05, 0.1) is 23.0 Å². The third-order valence-corrected chi connectivity index (χ3v) is 2.76. The number of nitriles is 1. The number of imidazole rings is 1. The predicted molar refractivity (Wildman–Crippen MR) is 64.1 cm³/mol. The van der Waals surface area contributed by atoms with Crippen LogP contribution < -0.4 is 0 Å². The number of benzene rings is 1. The lowest BCUT2D eigenvalue weighted by Gasteiger charge is -2.05. The Morgan fingerprint density at radius 3 is 2.94 bits per heavy atom. The molecule has 0 bridgehead atoms. The Balaban J connectivity index is 2.36. The lowest BCUT2D eigenvalue weighted by molar-refractivity contribution is 0.648. The first-order valence-electron chi connectivity index (χ1n) is 5.24. The molecule has 0 aliphatic carbocycles. The van der Waals surface area contributed by atoms with Gasteiger partial charge in [-0.1, -0.05) is 12.1 Å². The van der Waals surface area contributed by atoms with Gasteiger partial charge in [0.25, 0.3) is 0 Å². The molecule has 2 rings (SSSR count). The van der Waals surface area contributed by atoms with Crippen molar-refractivity contribution in [1.82, 2.24) is 9.55 Å². The monoisotopic (exact) mass is 233 g/mol. The number of para-hydroxylation sites is 2. The Morgan fingerprint density at radius 2 is 2.19 bits per heavy atom. The molecule has 2 aromatic rings. The van der Waals surface area contributed by atoms with E-state index >= 15 is 0 Å². The minimum absolute atomic E-state index is 0.404. The molecule has 0 aliphatic rings. The largest absolute Gasteiger partial charge is 0.327 e. The molecule has 0 atom stereocenters. The maximum atomic E-state index is 8.53. The van der Waals surface area contributed by atoms with E-state index in [1.54, 1.807) is 0 Å². The second-order valence-corrected chi connectivity index (χ2v) is 3.83. The smallest absolute Gasteiger partial charge is 0.124 e. The summed E-state index contributed by atoms with van der Waals surface area (Å²) in [6, 6.07) is 10.1. The van der Waals surface area contributed by atoms with Crippen molar-refractivity contribution in [1.29, 1.82) is 5.26 Å². The van der Waals surface area contributed by atoms with E-state index in [9.17, 15) is 0 Å². The SMILES string of the molecule is N#CCCCn1c(CCl)nc2ccccc21. The van der Waals surface area contributed by atoms with Gasteiger partial charge in [0.2, 0.25) is 0 Å². The molecule has 0 amide bonds. The van der Waals surface area contributed by atoms with Gasteiger partial charge in [-0.3, -0.25) is 0 Å². The van der Waals surface area contributed by atoms with Gasteiger partial charge >= 0.3 is 0 Å². The van der Waals surface area contributed by atoms with Crippen molar-refractivity contribution in [3.63, 3.8) is 0 Å². The molecular weight excluding hydrogens is 222 g/mol. The molecule has 0 fully saturated rings. The van der Waals surface area contributed by atoms with E-state index in [0.717, 1.165) is 29.8 Å². The number of aryl methyl sites for hydroxylation is 1. The number of halogens is 1. The summed E-state index contributed by atoms with van der Waals surface area (Å²) >= 11 is 5.87. The van der Waals surface area contributed by atoms with E-state index in [1.807, 2.05) is 24.3 Å². The number of rotatable bonds is 4. The van der Waals surface area contributed by atoms with Crippen LogP contribution >= 0.6 is 11.6 Å². The molecule has 1 aromatic carbocycles. The summed E-state index contributed by atoms with van der Waals surface area (Å²) in [4.78, 5) is 4.46. The highest BCUT2D eigenvalue weighted by Gasteiger charge is 2.08. The summed E-state index contributed by atoms with van der Waals surface area (Å²) < 4.78 is 2.10. The highest BCUT2D eigenvalue weighted by Crippen LogP contribution is 2.17. The summed E-state index contributed by atoms with van der Waals surface area (Å²) in [5, 5.41) is 8.53. The van der Waals surface area contributed by atoms with Crippen LogP contribution in [0, 0.1) is 11.3 Å². The van der Waals surface area contributed by atoms with E-state index in [4.69, 9.17) is 16.9 Å². The Hall–Kier alpha value is -1.53. The number of unbranched alkanes of at least 4 members (excludes halogenated alkanes) is 1. The molecule has 0 aliphatic heterocycles. The fraction of sp³-hybridized carbons (Fsp3) is 0.333. The van der Waals surface area contributed by atoms with E-state index in [0.29, 0.717) is 12.3 Å². The molecule has 0 saturated carbocycles. The molecule has 3 nitrogen and oxygen atoms in total.